The highest BCUT2D eigenvalue weighted by atomic mass is 19.1. The Morgan fingerprint density at radius 1 is 1.20 bits per heavy atom. The van der Waals surface area contributed by atoms with Gasteiger partial charge in [0.1, 0.15) is 5.67 Å². The Balaban J connectivity index is 1.88. The Morgan fingerprint density at radius 2 is 1.80 bits per heavy atom. The summed E-state index contributed by atoms with van der Waals surface area (Å²) in [5.74, 6) is 0. The van der Waals surface area contributed by atoms with Gasteiger partial charge in [0.05, 0.1) is 0 Å². The van der Waals surface area contributed by atoms with Gasteiger partial charge >= 0.3 is 0 Å². The van der Waals surface area contributed by atoms with E-state index in [2.05, 4.69) is 29.2 Å². The molecule has 0 radical (unpaired) electrons. The summed E-state index contributed by atoms with van der Waals surface area (Å²) < 4.78 is 13.6. The molecule has 0 aromatic heterocycles. The van der Waals surface area contributed by atoms with Crippen LogP contribution in [0, 0.1) is 0 Å². The monoisotopic (exact) mass is 207 g/mol. The summed E-state index contributed by atoms with van der Waals surface area (Å²) in [6.45, 7) is 4.42. The molecule has 1 aliphatic heterocycles. The predicted molar refractivity (Wildman–Crippen MR) is 60.5 cm³/mol. The van der Waals surface area contributed by atoms with E-state index in [0.717, 1.165) is 19.6 Å². The molecule has 2 rings (SSSR count). The van der Waals surface area contributed by atoms with Crippen LogP contribution in [0.5, 0.6) is 0 Å². The van der Waals surface area contributed by atoms with E-state index in [-0.39, 0.29) is 0 Å². The van der Waals surface area contributed by atoms with Crippen LogP contribution in [0.4, 0.5) is 4.39 Å². The Hall–Kier alpha value is -0.890. The Labute approximate surface area is 90.9 Å². The Kier molecular flexibility index (Phi) is 3.06. The molecule has 1 aromatic carbocycles. The minimum atomic E-state index is -0.937. The van der Waals surface area contributed by atoms with Crippen molar-refractivity contribution in [1.82, 2.24) is 4.90 Å². The van der Waals surface area contributed by atoms with Gasteiger partial charge in [0.2, 0.25) is 0 Å². The lowest BCUT2D eigenvalue weighted by Crippen LogP contribution is -2.39. The average molecular weight is 207 g/mol. The van der Waals surface area contributed by atoms with E-state index in [1.807, 2.05) is 6.07 Å². The van der Waals surface area contributed by atoms with Crippen LogP contribution in [0.1, 0.15) is 25.3 Å². The van der Waals surface area contributed by atoms with Gasteiger partial charge in [-0.25, -0.2) is 4.39 Å². The van der Waals surface area contributed by atoms with Crippen LogP contribution >= 0.6 is 0 Å². The lowest BCUT2D eigenvalue weighted by atomic mass is 9.95. The number of likely N-dealkylation sites (tertiary alicyclic amines) is 1. The molecule has 15 heavy (non-hydrogen) atoms. The van der Waals surface area contributed by atoms with Crippen molar-refractivity contribution in [2.24, 2.45) is 0 Å². The molecule has 1 nitrogen and oxygen atoms in total. The van der Waals surface area contributed by atoms with Crippen LogP contribution in [-0.2, 0) is 6.54 Å². The maximum absolute atomic E-state index is 13.6. The van der Waals surface area contributed by atoms with E-state index in [0.29, 0.717) is 12.8 Å². The second-order valence-electron chi connectivity index (χ2n) is 4.68. The fourth-order valence-electron chi connectivity index (χ4n) is 2.02. The summed E-state index contributed by atoms with van der Waals surface area (Å²) in [5.41, 5.74) is 0.382. The summed E-state index contributed by atoms with van der Waals surface area (Å²) in [5, 5.41) is 0. The molecule has 1 saturated heterocycles. The third-order valence-corrected chi connectivity index (χ3v) is 3.15. The van der Waals surface area contributed by atoms with Crippen molar-refractivity contribution < 1.29 is 4.39 Å². The SMILES string of the molecule is CC1(F)CCN(Cc2ccccc2)CC1. The third kappa shape index (κ3) is 3.03. The van der Waals surface area contributed by atoms with Crippen LogP contribution in [0.2, 0.25) is 0 Å². The lowest BCUT2D eigenvalue weighted by Gasteiger charge is -2.34. The standard InChI is InChI=1S/C13H18FN/c1-13(14)7-9-15(10-8-13)11-12-5-3-2-4-6-12/h2-6H,7-11H2,1H3. The van der Waals surface area contributed by atoms with Crippen molar-refractivity contribution in [3.8, 4) is 0 Å². The number of hydrogen-bond acceptors (Lipinski definition) is 1. The molecule has 0 saturated carbocycles. The maximum Gasteiger partial charge on any atom is 0.110 e. The number of nitrogens with zero attached hydrogens (tertiary/aromatic N) is 1. The fraction of sp³-hybridized carbons (Fsp3) is 0.538. The van der Waals surface area contributed by atoms with Crippen molar-refractivity contribution in [3.05, 3.63) is 35.9 Å². The van der Waals surface area contributed by atoms with Gasteiger partial charge in [0, 0.05) is 19.6 Å². The van der Waals surface area contributed by atoms with Crippen LogP contribution in [-0.4, -0.2) is 23.7 Å². The van der Waals surface area contributed by atoms with Crippen molar-refractivity contribution >= 4 is 0 Å². The number of benzene rings is 1. The van der Waals surface area contributed by atoms with Gasteiger partial charge in [0.25, 0.3) is 0 Å². The van der Waals surface area contributed by atoms with Gasteiger partial charge in [-0.3, -0.25) is 4.90 Å². The van der Waals surface area contributed by atoms with Crippen LogP contribution in [0.25, 0.3) is 0 Å². The first-order valence-electron chi connectivity index (χ1n) is 5.61. The number of hydrogen-bond donors (Lipinski definition) is 0. The van der Waals surface area contributed by atoms with Gasteiger partial charge in [-0.05, 0) is 25.3 Å². The first-order chi connectivity index (χ1) is 7.16. The number of rotatable bonds is 2. The molecule has 0 N–H and O–H groups in total. The number of alkyl halides is 1. The Bertz CT molecular complexity index is 298. The molecule has 1 fully saturated rings. The highest BCUT2D eigenvalue weighted by Crippen LogP contribution is 2.26. The van der Waals surface area contributed by atoms with E-state index in [1.165, 1.54) is 5.56 Å². The fourth-order valence-corrected chi connectivity index (χ4v) is 2.02. The summed E-state index contributed by atoms with van der Waals surface area (Å²) in [6, 6.07) is 10.4. The zero-order chi connectivity index (χ0) is 10.7. The van der Waals surface area contributed by atoms with Crippen molar-refractivity contribution in [2.75, 3.05) is 13.1 Å². The highest BCUT2D eigenvalue weighted by Gasteiger charge is 2.29. The van der Waals surface area contributed by atoms with Gasteiger partial charge in [-0.2, -0.15) is 0 Å². The number of piperidine rings is 1. The van der Waals surface area contributed by atoms with Crippen LogP contribution < -0.4 is 0 Å². The molecule has 0 amide bonds. The predicted octanol–water partition coefficient (Wildman–Crippen LogP) is 3.01. The smallest absolute Gasteiger partial charge is 0.110 e. The molecule has 2 heteroatoms. The molecule has 0 aliphatic carbocycles. The molecule has 0 spiro atoms. The third-order valence-electron chi connectivity index (χ3n) is 3.15. The first kappa shape index (κ1) is 10.6. The second-order valence-corrected chi connectivity index (χ2v) is 4.68. The molecule has 1 aromatic rings. The molecule has 82 valence electrons. The quantitative estimate of drug-likeness (QED) is 0.720. The van der Waals surface area contributed by atoms with E-state index < -0.39 is 5.67 Å². The van der Waals surface area contributed by atoms with Gasteiger partial charge in [-0.1, -0.05) is 30.3 Å². The molecule has 0 atom stereocenters. The van der Waals surface area contributed by atoms with E-state index in [4.69, 9.17) is 0 Å². The van der Waals surface area contributed by atoms with Gasteiger partial charge in [-0.15, -0.1) is 0 Å². The molecular weight excluding hydrogens is 189 g/mol. The molecule has 0 bridgehead atoms. The summed E-state index contributed by atoms with van der Waals surface area (Å²) in [7, 11) is 0. The average Bonchev–Trinajstić information content (AvgIpc) is 2.23. The zero-order valence-corrected chi connectivity index (χ0v) is 9.25. The summed E-state index contributed by atoms with van der Waals surface area (Å²) in [4.78, 5) is 2.33. The molecule has 1 heterocycles. The number of halogens is 1. The minimum absolute atomic E-state index is 0.667. The van der Waals surface area contributed by atoms with E-state index >= 15 is 0 Å². The van der Waals surface area contributed by atoms with E-state index in [1.54, 1.807) is 6.92 Å². The second kappa shape index (κ2) is 4.31. The summed E-state index contributed by atoms with van der Waals surface area (Å²) >= 11 is 0. The highest BCUT2D eigenvalue weighted by molar-refractivity contribution is 5.14. The van der Waals surface area contributed by atoms with Crippen LogP contribution in [0.15, 0.2) is 30.3 Å². The summed E-state index contributed by atoms with van der Waals surface area (Å²) in [6.07, 6.45) is 1.33. The van der Waals surface area contributed by atoms with Crippen molar-refractivity contribution in [1.29, 1.82) is 0 Å². The largest absolute Gasteiger partial charge is 0.299 e. The molecular formula is C13H18FN. The maximum atomic E-state index is 13.6. The Morgan fingerprint density at radius 3 is 2.40 bits per heavy atom. The van der Waals surface area contributed by atoms with Crippen molar-refractivity contribution in [3.63, 3.8) is 0 Å². The first-order valence-corrected chi connectivity index (χ1v) is 5.61. The topological polar surface area (TPSA) is 3.24 Å². The zero-order valence-electron chi connectivity index (χ0n) is 9.25. The van der Waals surface area contributed by atoms with Crippen molar-refractivity contribution in [2.45, 2.75) is 32.0 Å². The minimum Gasteiger partial charge on any atom is -0.299 e. The van der Waals surface area contributed by atoms with Crippen LogP contribution in [0.3, 0.4) is 0 Å². The molecule has 0 unspecified atom stereocenters. The normalized spacial score (nSPS) is 21.5. The van der Waals surface area contributed by atoms with Gasteiger partial charge in [0.15, 0.2) is 0 Å². The van der Waals surface area contributed by atoms with Gasteiger partial charge < -0.3 is 0 Å². The lowest BCUT2D eigenvalue weighted by molar-refractivity contribution is 0.0705. The van der Waals surface area contributed by atoms with E-state index in [9.17, 15) is 4.39 Å². The molecule has 1 aliphatic rings.